The van der Waals surface area contributed by atoms with Crippen molar-refractivity contribution in [2.24, 2.45) is 0 Å². The summed E-state index contributed by atoms with van der Waals surface area (Å²) < 4.78 is 19.6. The van der Waals surface area contributed by atoms with Gasteiger partial charge in [-0.2, -0.15) is 0 Å². The molecule has 6 heteroatoms. The Morgan fingerprint density at radius 3 is 2.61 bits per heavy atom. The maximum atomic E-state index is 14.0. The maximum absolute atomic E-state index is 14.0. The average Bonchev–Trinajstić information content (AvgIpc) is 3.23. The van der Waals surface area contributed by atoms with Gasteiger partial charge in [0.05, 0.1) is 11.8 Å². The smallest absolute Gasteiger partial charge is 0.256 e. The molecule has 2 aliphatic heterocycles. The summed E-state index contributed by atoms with van der Waals surface area (Å²) >= 11 is 0. The fourth-order valence-corrected chi connectivity index (χ4v) is 3.94. The van der Waals surface area contributed by atoms with E-state index in [1.54, 1.807) is 17.2 Å². The van der Waals surface area contributed by atoms with Crippen LogP contribution in [0, 0.1) is 5.82 Å². The Kier molecular flexibility index (Phi) is 5.22. The fourth-order valence-electron chi connectivity index (χ4n) is 3.94. The Bertz CT molecular complexity index is 883. The molecule has 1 amide bonds. The Morgan fingerprint density at radius 2 is 1.89 bits per heavy atom. The average molecular weight is 383 g/mol. The predicted molar refractivity (Wildman–Crippen MR) is 108 cm³/mol. The third kappa shape index (κ3) is 3.69. The Morgan fingerprint density at radius 1 is 1.11 bits per heavy atom. The van der Waals surface area contributed by atoms with Gasteiger partial charge in [0.15, 0.2) is 0 Å². The Labute approximate surface area is 165 Å². The standard InChI is InChI=1S/C22H26FN3O2/c1-16-7-8-26(15-19(16)21-4-3-13-28-21)22(27)18-14-17(23)5-6-20(18)25-11-9-24(2)10-12-25/h3-6,13-14H,7-12,15H2,1-2H3. The first kappa shape index (κ1) is 18.7. The van der Waals surface area contributed by atoms with E-state index in [2.05, 4.69) is 23.8 Å². The van der Waals surface area contributed by atoms with Gasteiger partial charge in [-0.15, -0.1) is 0 Å². The van der Waals surface area contributed by atoms with Crippen LogP contribution in [0.15, 0.2) is 46.6 Å². The lowest BCUT2D eigenvalue weighted by Crippen LogP contribution is -2.45. The van der Waals surface area contributed by atoms with Crippen molar-refractivity contribution in [3.05, 3.63) is 59.3 Å². The highest BCUT2D eigenvalue weighted by Gasteiger charge is 2.28. The van der Waals surface area contributed by atoms with Crippen LogP contribution in [0.4, 0.5) is 10.1 Å². The second kappa shape index (κ2) is 7.80. The van der Waals surface area contributed by atoms with E-state index < -0.39 is 0 Å². The largest absolute Gasteiger partial charge is 0.465 e. The van der Waals surface area contributed by atoms with Crippen molar-refractivity contribution in [1.29, 1.82) is 0 Å². The van der Waals surface area contributed by atoms with Crippen molar-refractivity contribution in [1.82, 2.24) is 9.80 Å². The second-order valence-electron chi connectivity index (χ2n) is 7.66. The van der Waals surface area contributed by atoms with E-state index in [0.29, 0.717) is 18.7 Å². The molecule has 0 saturated carbocycles. The number of benzene rings is 1. The Balaban J connectivity index is 1.60. The van der Waals surface area contributed by atoms with Gasteiger partial charge < -0.3 is 19.1 Å². The van der Waals surface area contributed by atoms with Gasteiger partial charge >= 0.3 is 0 Å². The lowest BCUT2D eigenvalue weighted by molar-refractivity contribution is 0.0772. The van der Waals surface area contributed by atoms with Gasteiger partial charge in [0.1, 0.15) is 11.6 Å². The molecule has 28 heavy (non-hydrogen) atoms. The molecule has 0 bridgehead atoms. The SMILES string of the molecule is CC1=C(c2ccco2)CN(C(=O)c2cc(F)ccc2N2CCN(C)CC2)CC1. The molecule has 0 radical (unpaired) electrons. The quantitative estimate of drug-likeness (QED) is 0.814. The molecule has 0 aliphatic carbocycles. The molecule has 1 saturated heterocycles. The van der Waals surface area contributed by atoms with E-state index in [9.17, 15) is 9.18 Å². The van der Waals surface area contributed by atoms with Crippen molar-refractivity contribution in [2.75, 3.05) is 51.2 Å². The summed E-state index contributed by atoms with van der Waals surface area (Å²) in [5.74, 6) is 0.301. The molecule has 148 valence electrons. The van der Waals surface area contributed by atoms with Crippen molar-refractivity contribution in [2.45, 2.75) is 13.3 Å². The lowest BCUT2D eigenvalue weighted by Gasteiger charge is -2.36. The van der Waals surface area contributed by atoms with Gasteiger partial charge in [-0.3, -0.25) is 4.79 Å². The highest BCUT2D eigenvalue weighted by atomic mass is 19.1. The van der Waals surface area contributed by atoms with Crippen LogP contribution >= 0.6 is 0 Å². The number of furan rings is 1. The maximum Gasteiger partial charge on any atom is 0.256 e. The van der Waals surface area contributed by atoms with Crippen molar-refractivity contribution in [3.63, 3.8) is 0 Å². The number of carbonyl (C=O) groups is 1. The number of hydrogen-bond acceptors (Lipinski definition) is 4. The zero-order chi connectivity index (χ0) is 19.7. The minimum Gasteiger partial charge on any atom is -0.465 e. The number of nitrogens with zero attached hydrogens (tertiary/aromatic N) is 3. The number of halogens is 1. The van der Waals surface area contributed by atoms with Gasteiger partial charge in [-0.05, 0) is 50.7 Å². The summed E-state index contributed by atoms with van der Waals surface area (Å²) in [7, 11) is 2.09. The molecule has 0 N–H and O–H groups in total. The summed E-state index contributed by atoms with van der Waals surface area (Å²) in [6, 6.07) is 8.35. The van der Waals surface area contributed by atoms with Crippen LogP contribution < -0.4 is 4.90 Å². The van der Waals surface area contributed by atoms with Crippen molar-refractivity contribution < 1.29 is 13.6 Å². The molecule has 2 aromatic rings. The number of likely N-dealkylation sites (N-methyl/N-ethyl adjacent to an activating group) is 1. The lowest BCUT2D eigenvalue weighted by atomic mass is 9.98. The normalized spacial score (nSPS) is 18.7. The third-order valence-electron chi connectivity index (χ3n) is 5.76. The highest BCUT2D eigenvalue weighted by Crippen LogP contribution is 2.30. The summed E-state index contributed by atoms with van der Waals surface area (Å²) in [6.45, 7) is 6.72. The molecule has 0 unspecified atom stereocenters. The number of hydrogen-bond donors (Lipinski definition) is 0. The molecule has 5 nitrogen and oxygen atoms in total. The van der Waals surface area contributed by atoms with E-state index in [1.165, 1.54) is 17.7 Å². The summed E-state index contributed by atoms with van der Waals surface area (Å²) in [5, 5.41) is 0. The fraction of sp³-hybridized carbons (Fsp3) is 0.409. The zero-order valence-electron chi connectivity index (χ0n) is 16.4. The Hall–Kier alpha value is -2.60. The first-order valence-electron chi connectivity index (χ1n) is 9.78. The minimum absolute atomic E-state index is 0.120. The molecular weight excluding hydrogens is 357 g/mol. The molecule has 0 atom stereocenters. The first-order valence-corrected chi connectivity index (χ1v) is 9.78. The topological polar surface area (TPSA) is 39.9 Å². The molecule has 2 aliphatic rings. The van der Waals surface area contributed by atoms with Crippen molar-refractivity contribution >= 4 is 17.2 Å². The van der Waals surface area contributed by atoms with Gasteiger partial charge in [0, 0.05) is 50.5 Å². The van der Waals surface area contributed by atoms with Crippen LogP contribution in [0.5, 0.6) is 0 Å². The van der Waals surface area contributed by atoms with Crippen molar-refractivity contribution in [3.8, 4) is 0 Å². The van der Waals surface area contributed by atoms with E-state index in [0.717, 1.165) is 49.6 Å². The zero-order valence-corrected chi connectivity index (χ0v) is 16.4. The molecular formula is C22H26FN3O2. The molecule has 1 aromatic carbocycles. The van der Waals surface area contributed by atoms with Crippen LogP contribution in [0.3, 0.4) is 0 Å². The van der Waals surface area contributed by atoms with Crippen LogP contribution in [0.25, 0.3) is 5.57 Å². The third-order valence-corrected chi connectivity index (χ3v) is 5.76. The molecule has 3 heterocycles. The van der Waals surface area contributed by atoms with E-state index in [4.69, 9.17) is 4.42 Å². The van der Waals surface area contributed by atoms with E-state index in [-0.39, 0.29) is 11.7 Å². The molecule has 0 spiro atoms. The summed E-state index contributed by atoms with van der Waals surface area (Å²) in [6.07, 6.45) is 2.44. The van der Waals surface area contributed by atoms with Gasteiger partial charge in [-0.25, -0.2) is 4.39 Å². The summed E-state index contributed by atoms with van der Waals surface area (Å²) in [4.78, 5) is 19.6. The van der Waals surface area contributed by atoms with Crippen LogP contribution in [-0.4, -0.2) is 62.0 Å². The molecule has 4 rings (SSSR count). The number of rotatable bonds is 3. The van der Waals surface area contributed by atoms with E-state index in [1.807, 2.05) is 12.1 Å². The van der Waals surface area contributed by atoms with Gasteiger partial charge in [0.25, 0.3) is 5.91 Å². The monoisotopic (exact) mass is 383 g/mol. The minimum atomic E-state index is -0.379. The second-order valence-corrected chi connectivity index (χ2v) is 7.66. The number of carbonyl (C=O) groups excluding carboxylic acids is 1. The summed E-state index contributed by atoms with van der Waals surface area (Å²) in [5.41, 5.74) is 3.55. The number of piperazine rings is 1. The number of amides is 1. The van der Waals surface area contributed by atoms with Gasteiger partial charge in [-0.1, -0.05) is 5.57 Å². The van der Waals surface area contributed by atoms with Gasteiger partial charge in [0.2, 0.25) is 0 Å². The highest BCUT2D eigenvalue weighted by molar-refractivity contribution is 6.00. The first-order chi connectivity index (χ1) is 13.5. The van der Waals surface area contributed by atoms with Crippen LogP contribution in [-0.2, 0) is 0 Å². The van der Waals surface area contributed by atoms with Crippen LogP contribution in [0.1, 0.15) is 29.5 Å². The predicted octanol–water partition coefficient (Wildman–Crippen LogP) is 3.49. The molecule has 1 aromatic heterocycles. The molecule has 1 fully saturated rings. The van der Waals surface area contributed by atoms with E-state index >= 15 is 0 Å². The number of anilines is 1. The van der Waals surface area contributed by atoms with Crippen LogP contribution in [0.2, 0.25) is 0 Å².